The van der Waals surface area contributed by atoms with Crippen molar-refractivity contribution in [2.45, 2.75) is 45.2 Å². The zero-order valence-electron chi connectivity index (χ0n) is 12.4. The maximum absolute atomic E-state index is 13.3. The Labute approximate surface area is 133 Å². The second kappa shape index (κ2) is 7.36. The van der Waals surface area contributed by atoms with Crippen molar-refractivity contribution in [3.8, 4) is 0 Å². The molecule has 0 saturated heterocycles. The van der Waals surface area contributed by atoms with Gasteiger partial charge in [-0.2, -0.15) is 13.2 Å². The molecule has 0 aliphatic heterocycles. The second-order valence-electron chi connectivity index (χ2n) is 5.42. The average molecular weight is 334 g/mol. The van der Waals surface area contributed by atoms with Gasteiger partial charge in [0.25, 0.3) is 0 Å². The topological polar surface area (TPSA) is 21.6 Å². The van der Waals surface area contributed by atoms with Gasteiger partial charge in [-0.15, -0.1) is 0 Å². The Morgan fingerprint density at radius 1 is 1.27 bits per heavy atom. The number of benzene rings is 1. The summed E-state index contributed by atoms with van der Waals surface area (Å²) in [5, 5.41) is 4.28. The normalized spacial score (nSPS) is 17.6. The predicted octanol–water partition coefficient (Wildman–Crippen LogP) is 5.68. The lowest BCUT2D eigenvalue weighted by atomic mass is 9.82. The lowest BCUT2D eigenvalue weighted by Crippen LogP contribution is -2.23. The minimum atomic E-state index is -4.44. The van der Waals surface area contributed by atoms with Crippen molar-refractivity contribution >= 4 is 17.3 Å². The molecule has 122 valence electrons. The van der Waals surface area contributed by atoms with E-state index in [1.165, 1.54) is 12.1 Å². The molecule has 22 heavy (non-hydrogen) atoms. The van der Waals surface area contributed by atoms with E-state index in [1.54, 1.807) is 6.92 Å². The lowest BCUT2D eigenvalue weighted by Gasteiger charge is -2.25. The predicted molar refractivity (Wildman–Crippen MR) is 81.2 cm³/mol. The Morgan fingerprint density at radius 3 is 2.55 bits per heavy atom. The van der Waals surface area contributed by atoms with Gasteiger partial charge in [-0.1, -0.05) is 36.0 Å². The van der Waals surface area contributed by atoms with Crippen LogP contribution in [0, 0.1) is 5.92 Å². The Hall–Kier alpha value is -1.23. The third-order valence-electron chi connectivity index (χ3n) is 3.85. The SMILES string of the molecule is CCON=C(c1cc(Cl)ccc1C(F)(F)F)C1CCCCC1. The molecular weight excluding hydrogens is 315 g/mol. The minimum absolute atomic E-state index is 0.0140. The molecule has 0 N–H and O–H groups in total. The highest BCUT2D eigenvalue weighted by Gasteiger charge is 2.36. The molecule has 0 amide bonds. The molecule has 0 heterocycles. The fourth-order valence-corrected chi connectivity index (χ4v) is 3.00. The van der Waals surface area contributed by atoms with Gasteiger partial charge in [0.2, 0.25) is 0 Å². The van der Waals surface area contributed by atoms with Crippen LogP contribution in [0.1, 0.15) is 50.2 Å². The van der Waals surface area contributed by atoms with Crippen LogP contribution in [0.5, 0.6) is 0 Å². The second-order valence-corrected chi connectivity index (χ2v) is 5.85. The summed E-state index contributed by atoms with van der Waals surface area (Å²) in [6.07, 6.45) is 0.322. The first kappa shape index (κ1) is 17.1. The summed E-state index contributed by atoms with van der Waals surface area (Å²) >= 11 is 5.92. The zero-order valence-corrected chi connectivity index (χ0v) is 13.2. The van der Waals surface area contributed by atoms with Crippen LogP contribution >= 0.6 is 11.6 Å². The quantitative estimate of drug-likeness (QED) is 0.513. The highest BCUT2D eigenvalue weighted by atomic mass is 35.5. The molecule has 0 unspecified atom stereocenters. The molecule has 1 saturated carbocycles. The van der Waals surface area contributed by atoms with Gasteiger partial charge in [-0.3, -0.25) is 0 Å². The zero-order chi connectivity index (χ0) is 16.2. The summed E-state index contributed by atoms with van der Waals surface area (Å²) in [7, 11) is 0. The summed E-state index contributed by atoms with van der Waals surface area (Å²) in [6.45, 7) is 2.07. The van der Waals surface area contributed by atoms with Crippen LogP contribution in [0.3, 0.4) is 0 Å². The fraction of sp³-hybridized carbons (Fsp3) is 0.562. The van der Waals surface area contributed by atoms with Crippen molar-refractivity contribution in [2.24, 2.45) is 11.1 Å². The number of hydrogen-bond acceptors (Lipinski definition) is 2. The highest BCUT2D eigenvalue weighted by Crippen LogP contribution is 2.37. The lowest BCUT2D eigenvalue weighted by molar-refractivity contribution is -0.137. The number of rotatable bonds is 4. The van der Waals surface area contributed by atoms with Gasteiger partial charge < -0.3 is 4.84 Å². The van der Waals surface area contributed by atoms with Gasteiger partial charge in [0.1, 0.15) is 6.61 Å². The maximum atomic E-state index is 13.3. The number of hydrogen-bond donors (Lipinski definition) is 0. The van der Waals surface area contributed by atoms with Crippen molar-refractivity contribution in [3.05, 3.63) is 34.3 Å². The van der Waals surface area contributed by atoms with Crippen molar-refractivity contribution in [1.82, 2.24) is 0 Å². The van der Waals surface area contributed by atoms with Crippen molar-refractivity contribution in [3.63, 3.8) is 0 Å². The van der Waals surface area contributed by atoms with Crippen LogP contribution in [0.4, 0.5) is 13.2 Å². The van der Waals surface area contributed by atoms with Gasteiger partial charge in [0, 0.05) is 16.5 Å². The summed E-state index contributed by atoms with van der Waals surface area (Å²) in [5.74, 6) is -0.0140. The molecule has 1 aromatic carbocycles. The molecule has 0 spiro atoms. The van der Waals surface area contributed by atoms with Gasteiger partial charge in [0.05, 0.1) is 11.3 Å². The van der Waals surface area contributed by atoms with E-state index in [0.717, 1.165) is 38.2 Å². The molecule has 1 aromatic rings. The Morgan fingerprint density at radius 2 is 1.95 bits per heavy atom. The van der Waals surface area contributed by atoms with Crippen molar-refractivity contribution in [1.29, 1.82) is 0 Å². The molecule has 2 rings (SSSR count). The van der Waals surface area contributed by atoms with Crippen LogP contribution in [0.25, 0.3) is 0 Å². The van der Waals surface area contributed by atoms with E-state index >= 15 is 0 Å². The summed E-state index contributed by atoms with van der Waals surface area (Å²) in [4.78, 5) is 5.09. The first-order chi connectivity index (χ1) is 10.4. The summed E-state index contributed by atoms with van der Waals surface area (Å²) < 4.78 is 39.9. The number of halogens is 4. The van der Waals surface area contributed by atoms with E-state index < -0.39 is 11.7 Å². The van der Waals surface area contributed by atoms with Crippen LogP contribution in [0.15, 0.2) is 23.4 Å². The molecule has 1 aliphatic rings. The number of nitrogens with zero attached hydrogens (tertiary/aromatic N) is 1. The Kier molecular flexibility index (Phi) is 5.73. The number of oxime groups is 1. The largest absolute Gasteiger partial charge is 0.417 e. The molecule has 1 fully saturated rings. The van der Waals surface area contributed by atoms with Gasteiger partial charge in [-0.25, -0.2) is 0 Å². The van der Waals surface area contributed by atoms with Crippen LogP contribution in [0.2, 0.25) is 5.02 Å². The number of alkyl halides is 3. The fourth-order valence-electron chi connectivity index (χ4n) is 2.83. The van der Waals surface area contributed by atoms with Crippen LogP contribution < -0.4 is 0 Å². The van der Waals surface area contributed by atoms with E-state index in [1.807, 2.05) is 0 Å². The standard InChI is InChI=1S/C16H19ClF3NO/c1-2-22-21-15(11-6-4-3-5-7-11)13-10-12(17)8-9-14(13)16(18,19)20/h8-11H,2-7H2,1H3. The van der Waals surface area contributed by atoms with E-state index in [9.17, 15) is 13.2 Å². The van der Waals surface area contributed by atoms with E-state index in [4.69, 9.17) is 16.4 Å². The molecule has 0 atom stereocenters. The third kappa shape index (κ3) is 4.15. The Balaban J connectivity index is 2.48. The Bertz CT molecular complexity index is 537. The van der Waals surface area contributed by atoms with Gasteiger partial charge >= 0.3 is 6.18 Å². The van der Waals surface area contributed by atoms with Crippen LogP contribution in [-0.2, 0) is 11.0 Å². The molecule has 6 heteroatoms. The van der Waals surface area contributed by atoms with Gasteiger partial charge in [0.15, 0.2) is 0 Å². The third-order valence-corrected chi connectivity index (χ3v) is 4.08. The van der Waals surface area contributed by atoms with E-state index in [-0.39, 0.29) is 16.5 Å². The molecule has 0 bridgehead atoms. The molecule has 1 aliphatic carbocycles. The average Bonchev–Trinajstić information content (AvgIpc) is 2.47. The van der Waals surface area contributed by atoms with Crippen molar-refractivity contribution < 1.29 is 18.0 Å². The first-order valence-corrected chi connectivity index (χ1v) is 7.88. The molecule has 0 radical (unpaired) electrons. The monoisotopic (exact) mass is 333 g/mol. The molecule has 0 aromatic heterocycles. The van der Waals surface area contributed by atoms with E-state index in [2.05, 4.69) is 5.16 Å². The van der Waals surface area contributed by atoms with Crippen LogP contribution in [-0.4, -0.2) is 12.3 Å². The summed E-state index contributed by atoms with van der Waals surface area (Å²) in [6, 6.07) is 3.62. The minimum Gasteiger partial charge on any atom is -0.396 e. The molecular formula is C16H19ClF3NO. The molecule has 2 nitrogen and oxygen atoms in total. The highest BCUT2D eigenvalue weighted by molar-refractivity contribution is 6.31. The smallest absolute Gasteiger partial charge is 0.396 e. The van der Waals surface area contributed by atoms with E-state index in [0.29, 0.717) is 12.3 Å². The van der Waals surface area contributed by atoms with Crippen molar-refractivity contribution in [2.75, 3.05) is 6.61 Å². The maximum Gasteiger partial charge on any atom is 0.417 e. The van der Waals surface area contributed by atoms with Gasteiger partial charge in [-0.05, 0) is 38.0 Å². The summed E-state index contributed by atoms with van der Waals surface area (Å²) in [5.41, 5.74) is -0.294. The first-order valence-electron chi connectivity index (χ1n) is 7.50.